The molecule has 14 nitrogen and oxygen atoms in total. The Labute approximate surface area is 270 Å². The molecule has 0 aliphatic carbocycles. The highest BCUT2D eigenvalue weighted by atomic mass is 35.5. The third-order valence-electron chi connectivity index (χ3n) is 7.29. The van der Waals surface area contributed by atoms with Crippen LogP contribution in [0.25, 0.3) is 22.9 Å². The molecule has 3 heterocycles. The molecule has 1 aliphatic heterocycles. The summed E-state index contributed by atoms with van der Waals surface area (Å²) in [6.45, 7) is -0.743. The first-order valence-corrected chi connectivity index (χ1v) is 14.6. The molecule has 0 spiro atoms. The van der Waals surface area contributed by atoms with Crippen LogP contribution in [0.2, 0.25) is 5.02 Å². The van der Waals surface area contributed by atoms with Crippen molar-refractivity contribution in [1.29, 1.82) is 0 Å². The van der Waals surface area contributed by atoms with Gasteiger partial charge >= 0.3 is 6.09 Å². The van der Waals surface area contributed by atoms with Crippen molar-refractivity contribution in [1.82, 2.24) is 40.6 Å². The lowest BCUT2D eigenvalue weighted by atomic mass is 10.0. The second-order valence-corrected chi connectivity index (χ2v) is 11.0. The summed E-state index contributed by atoms with van der Waals surface area (Å²) in [5, 5.41) is 23.4. The summed E-state index contributed by atoms with van der Waals surface area (Å²) in [5.74, 6) is -4.03. The summed E-state index contributed by atoms with van der Waals surface area (Å²) < 4.78 is 33.5. The van der Waals surface area contributed by atoms with Crippen molar-refractivity contribution in [2.75, 3.05) is 25.5 Å². The van der Waals surface area contributed by atoms with E-state index in [-0.39, 0.29) is 30.6 Å². The lowest BCUT2D eigenvalue weighted by molar-refractivity contribution is -0.132. The van der Waals surface area contributed by atoms with E-state index in [1.807, 2.05) is 0 Å². The van der Waals surface area contributed by atoms with Crippen LogP contribution in [0.1, 0.15) is 36.6 Å². The number of carbonyl (C=O) groups is 3. The number of aromatic nitrogens is 6. The van der Waals surface area contributed by atoms with Gasteiger partial charge in [-0.3, -0.25) is 19.7 Å². The highest BCUT2D eigenvalue weighted by molar-refractivity contribution is 6.30. The monoisotopic (exact) mass is 667 g/mol. The third kappa shape index (κ3) is 8.40. The minimum Gasteiger partial charge on any atom is -0.453 e. The maximum atomic E-state index is 13.8. The standard InChI is InChI=1S/C30H28ClF2N9O5/c1-47-29(46)35-21-6-2-18(3-7-21)22-15-24(37-38-28(22)45)23(8-11-27(44)41-13-12-30(32,33)16-41)36-26(43)10-4-19-14-20(31)5-9-25(19)42-17-34-39-40-42/h2-7,9-10,14-15,17,23H,8,11-13,16H2,1H3,(H,35,46)(H,36,43)(H,38,45)/b10-4+/t23-/m0/s1. The largest absolute Gasteiger partial charge is 0.453 e. The topological polar surface area (TPSA) is 177 Å². The highest BCUT2D eigenvalue weighted by Gasteiger charge is 2.40. The number of likely N-dealkylation sites (tertiary alicyclic amines) is 1. The molecule has 3 amide bonds. The van der Waals surface area contributed by atoms with Crippen LogP contribution >= 0.6 is 11.6 Å². The molecule has 17 heteroatoms. The van der Waals surface area contributed by atoms with Crippen molar-refractivity contribution >= 4 is 41.3 Å². The van der Waals surface area contributed by atoms with Crippen LogP contribution < -0.4 is 16.2 Å². The third-order valence-corrected chi connectivity index (χ3v) is 7.53. The summed E-state index contributed by atoms with van der Waals surface area (Å²) in [5.41, 5.74) is 1.86. The summed E-state index contributed by atoms with van der Waals surface area (Å²) in [7, 11) is 1.23. The smallest absolute Gasteiger partial charge is 0.411 e. The minimum atomic E-state index is -2.95. The first-order chi connectivity index (χ1) is 22.5. The van der Waals surface area contributed by atoms with Crippen LogP contribution in [0, 0.1) is 0 Å². The number of carbonyl (C=O) groups excluding carboxylic acids is 3. The van der Waals surface area contributed by atoms with E-state index in [9.17, 15) is 28.0 Å². The molecule has 1 atom stereocenters. The summed E-state index contributed by atoms with van der Waals surface area (Å²) in [6.07, 6.45) is 2.87. The Hall–Kier alpha value is -5.51. The number of nitrogens with one attached hydrogen (secondary N) is 3. The number of tetrazole rings is 1. The first-order valence-electron chi connectivity index (χ1n) is 14.2. The highest BCUT2D eigenvalue weighted by Crippen LogP contribution is 2.29. The normalized spacial score (nSPS) is 14.6. The Kier molecular flexibility index (Phi) is 9.99. The zero-order valence-corrected chi connectivity index (χ0v) is 25.6. The van der Waals surface area contributed by atoms with Gasteiger partial charge in [0.25, 0.3) is 11.5 Å². The molecule has 0 bridgehead atoms. The number of alkyl halides is 2. The van der Waals surface area contributed by atoms with Crippen LogP contribution in [0.3, 0.4) is 0 Å². The number of benzene rings is 2. The van der Waals surface area contributed by atoms with Gasteiger partial charge in [-0.2, -0.15) is 9.78 Å². The van der Waals surface area contributed by atoms with Crippen molar-refractivity contribution in [2.45, 2.75) is 31.2 Å². The summed E-state index contributed by atoms with van der Waals surface area (Å²) >= 11 is 6.18. The number of aromatic amines is 1. The molecular formula is C30H28ClF2N9O5. The average molecular weight is 668 g/mol. The fourth-order valence-corrected chi connectivity index (χ4v) is 5.09. The van der Waals surface area contributed by atoms with Crippen molar-refractivity contribution in [3.8, 4) is 16.8 Å². The molecule has 0 saturated carbocycles. The molecule has 47 heavy (non-hydrogen) atoms. The second-order valence-electron chi connectivity index (χ2n) is 10.5. The fraction of sp³-hybridized carbons (Fsp3) is 0.267. The lowest BCUT2D eigenvalue weighted by Crippen LogP contribution is -2.33. The van der Waals surface area contributed by atoms with E-state index in [0.29, 0.717) is 27.5 Å². The number of hydrogen-bond acceptors (Lipinski definition) is 9. The van der Waals surface area contributed by atoms with E-state index in [2.05, 4.69) is 41.1 Å². The van der Waals surface area contributed by atoms with Gasteiger partial charge in [0.15, 0.2) is 0 Å². The zero-order valence-electron chi connectivity index (χ0n) is 24.8. The van der Waals surface area contributed by atoms with E-state index in [0.717, 1.165) is 4.90 Å². The number of methoxy groups -OCH3 is 1. The zero-order chi connectivity index (χ0) is 33.6. The molecule has 1 fully saturated rings. The fourth-order valence-electron chi connectivity index (χ4n) is 4.91. The predicted molar refractivity (Wildman–Crippen MR) is 166 cm³/mol. The molecule has 5 rings (SSSR count). The molecule has 0 unspecified atom stereocenters. The molecule has 1 aliphatic rings. The summed E-state index contributed by atoms with van der Waals surface area (Å²) in [4.78, 5) is 51.5. The molecular weight excluding hydrogens is 640 g/mol. The van der Waals surface area contributed by atoms with E-state index in [4.69, 9.17) is 11.6 Å². The average Bonchev–Trinajstić information content (AvgIpc) is 3.72. The van der Waals surface area contributed by atoms with Gasteiger partial charge in [0.2, 0.25) is 11.8 Å². The van der Waals surface area contributed by atoms with Crippen molar-refractivity contribution in [3.05, 3.63) is 87.6 Å². The minimum absolute atomic E-state index is 0.00596. The maximum absolute atomic E-state index is 13.8. The number of nitrogens with zero attached hydrogens (tertiary/aromatic N) is 6. The van der Waals surface area contributed by atoms with Gasteiger partial charge < -0.3 is 15.0 Å². The molecule has 3 N–H and O–H groups in total. The van der Waals surface area contributed by atoms with Gasteiger partial charge in [0, 0.05) is 41.7 Å². The number of anilines is 1. The van der Waals surface area contributed by atoms with Crippen molar-refractivity contribution in [2.24, 2.45) is 0 Å². The van der Waals surface area contributed by atoms with Crippen LogP contribution in [0.15, 0.2) is 65.7 Å². The van der Waals surface area contributed by atoms with Gasteiger partial charge in [0.05, 0.1) is 36.6 Å². The number of rotatable bonds is 10. The molecule has 2 aromatic carbocycles. The number of amides is 3. The van der Waals surface area contributed by atoms with E-state index >= 15 is 0 Å². The Morgan fingerprint density at radius 1 is 1.17 bits per heavy atom. The Morgan fingerprint density at radius 3 is 2.64 bits per heavy atom. The molecule has 0 radical (unpaired) electrons. The Bertz CT molecular complexity index is 1850. The first kappa shape index (κ1) is 32.9. The maximum Gasteiger partial charge on any atom is 0.411 e. The van der Waals surface area contributed by atoms with Gasteiger partial charge in [0.1, 0.15) is 6.33 Å². The van der Waals surface area contributed by atoms with E-state index < -0.39 is 48.4 Å². The predicted octanol–water partition coefficient (Wildman–Crippen LogP) is 3.76. The number of ether oxygens (including phenoxy) is 1. The molecule has 4 aromatic rings. The number of hydrogen-bond donors (Lipinski definition) is 3. The van der Waals surface area contributed by atoms with Gasteiger partial charge in [-0.15, -0.1) is 5.10 Å². The Balaban J connectivity index is 1.39. The summed E-state index contributed by atoms with van der Waals surface area (Å²) in [6, 6.07) is 11.8. The molecule has 1 saturated heterocycles. The quantitative estimate of drug-likeness (QED) is 0.213. The van der Waals surface area contributed by atoms with Gasteiger partial charge in [-0.25, -0.2) is 18.7 Å². The van der Waals surface area contributed by atoms with Crippen molar-refractivity contribution in [3.63, 3.8) is 0 Å². The van der Waals surface area contributed by atoms with Gasteiger partial charge in [-0.05, 0) is 64.9 Å². The van der Waals surface area contributed by atoms with E-state index in [1.165, 1.54) is 36.3 Å². The van der Waals surface area contributed by atoms with Crippen LogP contribution in [-0.2, 0) is 14.3 Å². The van der Waals surface area contributed by atoms with E-state index in [1.54, 1.807) is 42.5 Å². The molecule has 2 aromatic heterocycles. The second kappa shape index (κ2) is 14.3. The Morgan fingerprint density at radius 2 is 1.96 bits per heavy atom. The number of H-pyrrole nitrogens is 1. The van der Waals surface area contributed by atoms with Crippen LogP contribution in [0.4, 0.5) is 19.3 Å². The SMILES string of the molecule is COC(=O)Nc1ccc(-c2cc([C@H](CCC(=O)N3CCC(F)(F)C3)NC(=O)/C=C/c3cc(Cl)ccc3-n3cnnn3)n[nH]c2=O)cc1. The van der Waals surface area contributed by atoms with Gasteiger partial charge in [-0.1, -0.05) is 23.7 Å². The number of halogens is 3. The van der Waals surface area contributed by atoms with Crippen molar-refractivity contribution < 1.29 is 27.9 Å². The van der Waals surface area contributed by atoms with Crippen LogP contribution in [0.5, 0.6) is 0 Å². The molecule has 244 valence electrons. The lowest BCUT2D eigenvalue weighted by Gasteiger charge is -2.20. The van der Waals surface area contributed by atoms with Crippen LogP contribution in [-0.4, -0.2) is 79.3 Å².